The third-order valence-electron chi connectivity index (χ3n) is 2.11. The summed E-state index contributed by atoms with van der Waals surface area (Å²) in [6, 6.07) is 6.00. The van der Waals surface area contributed by atoms with Gasteiger partial charge in [-0.25, -0.2) is 0 Å². The lowest BCUT2D eigenvalue weighted by molar-refractivity contribution is 0.483. The molecule has 0 saturated carbocycles. The molecule has 1 aromatic rings. The molecule has 0 bridgehead atoms. The summed E-state index contributed by atoms with van der Waals surface area (Å²) in [5, 5.41) is 0. The van der Waals surface area contributed by atoms with Gasteiger partial charge in [-0.05, 0) is 18.9 Å². The summed E-state index contributed by atoms with van der Waals surface area (Å²) in [6.07, 6.45) is 0.892. The van der Waals surface area contributed by atoms with Crippen LogP contribution in [0.25, 0.3) is 0 Å². The number of hydrogen-bond donors (Lipinski definition) is 3. The van der Waals surface area contributed by atoms with Crippen LogP contribution in [0.15, 0.2) is 18.2 Å². The number of aryl methyl sites for hydroxylation is 2. The fourth-order valence-electron chi connectivity index (χ4n) is 1.40. The predicted molar refractivity (Wildman–Crippen MR) is 54.8 cm³/mol. The monoisotopic (exact) mass is 179 g/mol. The fourth-order valence-corrected chi connectivity index (χ4v) is 1.40. The SMILES string of the molecule is CCc1ccc(C)cc1C(N)(N)N. The first-order chi connectivity index (χ1) is 5.95. The summed E-state index contributed by atoms with van der Waals surface area (Å²) in [4.78, 5) is 0. The zero-order valence-electron chi connectivity index (χ0n) is 8.17. The quantitative estimate of drug-likeness (QED) is 0.580. The molecule has 0 radical (unpaired) electrons. The highest BCUT2D eigenvalue weighted by molar-refractivity contribution is 5.35. The van der Waals surface area contributed by atoms with Crippen LogP contribution in [0.5, 0.6) is 0 Å². The van der Waals surface area contributed by atoms with E-state index in [0.29, 0.717) is 0 Å². The molecule has 0 aliphatic carbocycles. The lowest BCUT2D eigenvalue weighted by atomic mass is 9.98. The molecule has 0 fully saturated rings. The molecule has 0 heterocycles. The highest BCUT2D eigenvalue weighted by atomic mass is 15.1. The van der Waals surface area contributed by atoms with Crippen molar-refractivity contribution in [3.8, 4) is 0 Å². The molecular formula is C10H17N3. The fraction of sp³-hybridized carbons (Fsp3) is 0.400. The van der Waals surface area contributed by atoms with Gasteiger partial charge in [0.25, 0.3) is 0 Å². The molecule has 0 aromatic heterocycles. The van der Waals surface area contributed by atoms with Crippen molar-refractivity contribution in [1.29, 1.82) is 0 Å². The van der Waals surface area contributed by atoms with E-state index in [4.69, 9.17) is 17.2 Å². The molecule has 13 heavy (non-hydrogen) atoms. The third kappa shape index (κ3) is 2.28. The molecule has 0 amide bonds. The van der Waals surface area contributed by atoms with E-state index in [1.54, 1.807) is 0 Å². The van der Waals surface area contributed by atoms with Crippen LogP contribution in [-0.2, 0) is 12.2 Å². The van der Waals surface area contributed by atoms with Crippen LogP contribution in [0.2, 0.25) is 0 Å². The molecule has 72 valence electrons. The average Bonchev–Trinajstić information content (AvgIpc) is 2.03. The first-order valence-corrected chi connectivity index (χ1v) is 4.41. The molecular weight excluding hydrogens is 162 g/mol. The number of hydrogen-bond acceptors (Lipinski definition) is 3. The third-order valence-corrected chi connectivity index (χ3v) is 2.11. The van der Waals surface area contributed by atoms with Crippen molar-refractivity contribution in [2.45, 2.75) is 26.1 Å². The van der Waals surface area contributed by atoms with Gasteiger partial charge in [0.1, 0.15) is 5.79 Å². The standard InChI is InChI=1S/C10H17N3/c1-3-8-5-4-7(2)6-9(8)10(11,12)13/h4-6H,3,11-13H2,1-2H3. The Balaban J connectivity index is 3.24. The van der Waals surface area contributed by atoms with Crippen molar-refractivity contribution in [3.05, 3.63) is 34.9 Å². The predicted octanol–water partition coefficient (Wildman–Crippen LogP) is 0.544. The topological polar surface area (TPSA) is 78.1 Å². The largest absolute Gasteiger partial charge is 0.297 e. The molecule has 0 saturated heterocycles. The maximum Gasteiger partial charge on any atom is 0.143 e. The van der Waals surface area contributed by atoms with Crippen molar-refractivity contribution in [2.24, 2.45) is 17.2 Å². The molecule has 1 aromatic carbocycles. The normalized spacial score (nSPS) is 11.8. The van der Waals surface area contributed by atoms with Crippen LogP contribution in [0.3, 0.4) is 0 Å². The van der Waals surface area contributed by atoms with Gasteiger partial charge in [0.2, 0.25) is 0 Å². The molecule has 1 rings (SSSR count). The lowest BCUT2D eigenvalue weighted by Gasteiger charge is -2.22. The van der Waals surface area contributed by atoms with E-state index in [0.717, 1.165) is 23.1 Å². The summed E-state index contributed by atoms with van der Waals surface area (Å²) in [5.41, 5.74) is 20.0. The van der Waals surface area contributed by atoms with Gasteiger partial charge in [-0.15, -0.1) is 0 Å². The molecule has 6 N–H and O–H groups in total. The Morgan fingerprint density at radius 1 is 1.23 bits per heavy atom. The molecule has 3 heteroatoms. The van der Waals surface area contributed by atoms with Gasteiger partial charge in [0, 0.05) is 5.56 Å². The van der Waals surface area contributed by atoms with Crippen LogP contribution in [0.4, 0.5) is 0 Å². The summed E-state index contributed by atoms with van der Waals surface area (Å²) in [7, 11) is 0. The minimum absolute atomic E-state index is 0.829. The second-order valence-electron chi connectivity index (χ2n) is 3.45. The van der Waals surface area contributed by atoms with Crippen molar-refractivity contribution < 1.29 is 0 Å². The Morgan fingerprint density at radius 3 is 2.31 bits per heavy atom. The van der Waals surface area contributed by atoms with E-state index >= 15 is 0 Å². The van der Waals surface area contributed by atoms with E-state index in [-0.39, 0.29) is 0 Å². The maximum absolute atomic E-state index is 5.66. The minimum Gasteiger partial charge on any atom is -0.297 e. The van der Waals surface area contributed by atoms with Crippen molar-refractivity contribution in [2.75, 3.05) is 0 Å². The van der Waals surface area contributed by atoms with Crippen molar-refractivity contribution in [1.82, 2.24) is 0 Å². The molecule has 0 unspecified atom stereocenters. The molecule has 0 aliphatic heterocycles. The van der Waals surface area contributed by atoms with Gasteiger partial charge < -0.3 is 0 Å². The van der Waals surface area contributed by atoms with Crippen molar-refractivity contribution >= 4 is 0 Å². The van der Waals surface area contributed by atoms with Gasteiger partial charge in [-0.3, -0.25) is 17.2 Å². The Morgan fingerprint density at radius 2 is 1.85 bits per heavy atom. The Hall–Kier alpha value is -0.900. The highest BCUT2D eigenvalue weighted by Gasteiger charge is 2.18. The Bertz CT molecular complexity index is 300. The molecule has 0 aliphatic rings. The van der Waals surface area contributed by atoms with Gasteiger partial charge in [-0.1, -0.05) is 30.7 Å². The average molecular weight is 179 g/mol. The maximum atomic E-state index is 5.66. The summed E-state index contributed by atoms with van der Waals surface area (Å²) >= 11 is 0. The molecule has 0 atom stereocenters. The van der Waals surface area contributed by atoms with Gasteiger partial charge in [0.05, 0.1) is 0 Å². The highest BCUT2D eigenvalue weighted by Crippen LogP contribution is 2.16. The molecule has 3 nitrogen and oxygen atoms in total. The summed E-state index contributed by atoms with van der Waals surface area (Å²) in [6.45, 7) is 4.05. The smallest absolute Gasteiger partial charge is 0.143 e. The second-order valence-corrected chi connectivity index (χ2v) is 3.45. The minimum atomic E-state index is -1.22. The second kappa shape index (κ2) is 3.46. The number of rotatable bonds is 2. The van der Waals surface area contributed by atoms with Crippen LogP contribution in [-0.4, -0.2) is 0 Å². The molecule has 0 spiro atoms. The van der Waals surface area contributed by atoms with E-state index < -0.39 is 5.79 Å². The van der Waals surface area contributed by atoms with Crippen LogP contribution in [0.1, 0.15) is 23.6 Å². The van der Waals surface area contributed by atoms with Gasteiger partial charge >= 0.3 is 0 Å². The van der Waals surface area contributed by atoms with Gasteiger partial charge in [-0.2, -0.15) is 0 Å². The lowest BCUT2D eigenvalue weighted by Crippen LogP contribution is -2.55. The van der Waals surface area contributed by atoms with Crippen molar-refractivity contribution in [3.63, 3.8) is 0 Å². The Labute approximate surface area is 78.9 Å². The van der Waals surface area contributed by atoms with Crippen LogP contribution in [0, 0.1) is 6.92 Å². The van der Waals surface area contributed by atoms with E-state index in [1.165, 1.54) is 0 Å². The zero-order valence-corrected chi connectivity index (χ0v) is 8.17. The first kappa shape index (κ1) is 10.2. The Kier molecular flexibility index (Phi) is 2.71. The van der Waals surface area contributed by atoms with E-state index in [9.17, 15) is 0 Å². The van der Waals surface area contributed by atoms with Gasteiger partial charge in [0.15, 0.2) is 0 Å². The van der Waals surface area contributed by atoms with E-state index in [2.05, 4.69) is 6.92 Å². The summed E-state index contributed by atoms with van der Waals surface area (Å²) < 4.78 is 0. The first-order valence-electron chi connectivity index (χ1n) is 4.41. The van der Waals surface area contributed by atoms with E-state index in [1.807, 2.05) is 25.1 Å². The van der Waals surface area contributed by atoms with Crippen LogP contribution < -0.4 is 17.2 Å². The zero-order chi connectivity index (χ0) is 10.1. The van der Waals surface area contributed by atoms with Crippen LogP contribution >= 0.6 is 0 Å². The summed E-state index contributed by atoms with van der Waals surface area (Å²) in [5.74, 6) is -1.22. The number of benzene rings is 1. The number of nitrogens with two attached hydrogens (primary N) is 3.